The van der Waals surface area contributed by atoms with Gasteiger partial charge in [0.1, 0.15) is 0 Å². The number of rotatable bonds is 8. The summed E-state index contributed by atoms with van der Waals surface area (Å²) in [5.74, 6) is 2.06. The molecule has 0 aromatic heterocycles. The lowest BCUT2D eigenvalue weighted by Crippen LogP contribution is -2.33. The zero-order chi connectivity index (χ0) is 9.80. The molecule has 0 bridgehead atoms. The summed E-state index contributed by atoms with van der Waals surface area (Å²) in [5.41, 5.74) is 0. The average molecular weight is 197 g/mol. The third-order valence-electron chi connectivity index (χ3n) is 3.42. The SMILES string of the molecule is COCCCCNC(C1CC1)C1CC1. The summed E-state index contributed by atoms with van der Waals surface area (Å²) >= 11 is 0. The Morgan fingerprint density at radius 1 is 1.14 bits per heavy atom. The molecule has 0 aliphatic heterocycles. The smallest absolute Gasteiger partial charge is 0.0462 e. The summed E-state index contributed by atoms with van der Waals surface area (Å²) in [5, 5.41) is 3.75. The van der Waals surface area contributed by atoms with Crippen molar-refractivity contribution in [3.8, 4) is 0 Å². The standard InChI is InChI=1S/C12H23NO/c1-14-9-3-2-8-13-12(10-4-5-10)11-6-7-11/h10-13H,2-9H2,1H3. The molecule has 2 fully saturated rings. The van der Waals surface area contributed by atoms with E-state index in [0.29, 0.717) is 0 Å². The summed E-state index contributed by atoms with van der Waals surface area (Å²) in [4.78, 5) is 0. The molecule has 2 aliphatic carbocycles. The van der Waals surface area contributed by atoms with Crippen LogP contribution < -0.4 is 5.32 Å². The van der Waals surface area contributed by atoms with Crippen LogP contribution in [0.15, 0.2) is 0 Å². The Balaban J connectivity index is 1.53. The van der Waals surface area contributed by atoms with Gasteiger partial charge in [0, 0.05) is 19.8 Å². The minimum atomic E-state index is 0.873. The third-order valence-corrected chi connectivity index (χ3v) is 3.42. The first-order valence-electron chi connectivity index (χ1n) is 6.14. The molecule has 0 aromatic rings. The highest BCUT2D eigenvalue weighted by atomic mass is 16.5. The van der Waals surface area contributed by atoms with Gasteiger partial charge in [0.05, 0.1) is 0 Å². The molecule has 0 unspecified atom stereocenters. The van der Waals surface area contributed by atoms with Crippen LogP contribution in [0.3, 0.4) is 0 Å². The fourth-order valence-corrected chi connectivity index (χ4v) is 2.27. The molecule has 14 heavy (non-hydrogen) atoms. The Morgan fingerprint density at radius 2 is 1.79 bits per heavy atom. The molecule has 2 rings (SSSR count). The van der Waals surface area contributed by atoms with Gasteiger partial charge >= 0.3 is 0 Å². The van der Waals surface area contributed by atoms with Crippen LogP contribution in [0.2, 0.25) is 0 Å². The van der Waals surface area contributed by atoms with Crippen LogP contribution in [0.1, 0.15) is 38.5 Å². The van der Waals surface area contributed by atoms with Crippen LogP contribution >= 0.6 is 0 Å². The van der Waals surface area contributed by atoms with Gasteiger partial charge in [-0.15, -0.1) is 0 Å². The number of unbranched alkanes of at least 4 members (excludes halogenated alkanes) is 1. The number of nitrogens with one attached hydrogen (secondary N) is 1. The van der Waals surface area contributed by atoms with Gasteiger partial charge in [-0.05, 0) is 56.9 Å². The molecule has 1 N–H and O–H groups in total. The molecule has 0 amide bonds. The first kappa shape index (κ1) is 10.4. The van der Waals surface area contributed by atoms with Gasteiger partial charge < -0.3 is 10.1 Å². The highest BCUT2D eigenvalue weighted by Gasteiger charge is 2.40. The maximum atomic E-state index is 5.04. The molecule has 2 saturated carbocycles. The quantitative estimate of drug-likeness (QED) is 0.602. The zero-order valence-corrected chi connectivity index (χ0v) is 9.30. The van der Waals surface area contributed by atoms with E-state index in [0.717, 1.165) is 24.5 Å². The summed E-state index contributed by atoms with van der Waals surface area (Å²) in [7, 11) is 1.78. The van der Waals surface area contributed by atoms with Crippen LogP contribution in [-0.4, -0.2) is 26.3 Å². The van der Waals surface area contributed by atoms with Crippen molar-refractivity contribution in [1.82, 2.24) is 5.32 Å². The van der Waals surface area contributed by atoms with E-state index in [9.17, 15) is 0 Å². The second-order valence-corrected chi connectivity index (χ2v) is 4.85. The van der Waals surface area contributed by atoms with Crippen molar-refractivity contribution in [3.63, 3.8) is 0 Å². The first-order chi connectivity index (χ1) is 6.92. The molecule has 0 heterocycles. The number of hydrogen-bond donors (Lipinski definition) is 1. The lowest BCUT2D eigenvalue weighted by atomic mass is 10.1. The Hall–Kier alpha value is -0.0800. The number of ether oxygens (including phenoxy) is 1. The van der Waals surface area contributed by atoms with Crippen LogP contribution in [0.4, 0.5) is 0 Å². The van der Waals surface area contributed by atoms with Crippen molar-refractivity contribution in [2.45, 2.75) is 44.6 Å². The largest absolute Gasteiger partial charge is 0.385 e. The molecule has 0 radical (unpaired) electrons. The van der Waals surface area contributed by atoms with Crippen LogP contribution in [-0.2, 0) is 4.74 Å². The third kappa shape index (κ3) is 3.25. The summed E-state index contributed by atoms with van der Waals surface area (Å²) in [6.07, 6.45) is 8.38. The molecule has 0 saturated heterocycles. The predicted octanol–water partition coefficient (Wildman–Crippen LogP) is 2.19. The minimum Gasteiger partial charge on any atom is -0.385 e. The monoisotopic (exact) mass is 197 g/mol. The summed E-state index contributed by atoms with van der Waals surface area (Å²) in [6.45, 7) is 2.11. The Kier molecular flexibility index (Phi) is 3.82. The van der Waals surface area contributed by atoms with E-state index >= 15 is 0 Å². The molecule has 2 heteroatoms. The minimum absolute atomic E-state index is 0.873. The van der Waals surface area contributed by atoms with Crippen molar-refractivity contribution in [2.24, 2.45) is 11.8 Å². The Bertz CT molecular complexity index is 152. The zero-order valence-electron chi connectivity index (χ0n) is 9.30. The number of methoxy groups -OCH3 is 1. The van der Waals surface area contributed by atoms with Gasteiger partial charge in [-0.3, -0.25) is 0 Å². The van der Waals surface area contributed by atoms with Crippen LogP contribution in [0.25, 0.3) is 0 Å². The van der Waals surface area contributed by atoms with Gasteiger partial charge in [-0.1, -0.05) is 0 Å². The van der Waals surface area contributed by atoms with Crippen molar-refractivity contribution >= 4 is 0 Å². The van der Waals surface area contributed by atoms with E-state index in [1.807, 2.05) is 0 Å². The number of hydrogen-bond acceptors (Lipinski definition) is 2. The average Bonchev–Trinajstić information content (AvgIpc) is 3.03. The maximum Gasteiger partial charge on any atom is 0.0462 e. The van der Waals surface area contributed by atoms with E-state index in [1.165, 1.54) is 45.1 Å². The highest BCUT2D eigenvalue weighted by Crippen LogP contribution is 2.44. The Labute approximate surface area is 87.4 Å². The van der Waals surface area contributed by atoms with Gasteiger partial charge in [0.2, 0.25) is 0 Å². The van der Waals surface area contributed by atoms with E-state index in [-0.39, 0.29) is 0 Å². The second kappa shape index (κ2) is 5.13. The topological polar surface area (TPSA) is 21.3 Å². The first-order valence-corrected chi connectivity index (χ1v) is 6.14. The van der Waals surface area contributed by atoms with E-state index in [1.54, 1.807) is 7.11 Å². The molecule has 2 aliphatic rings. The van der Waals surface area contributed by atoms with Crippen molar-refractivity contribution in [2.75, 3.05) is 20.3 Å². The van der Waals surface area contributed by atoms with Gasteiger partial charge in [0.25, 0.3) is 0 Å². The summed E-state index contributed by atoms with van der Waals surface area (Å²) < 4.78 is 5.04. The fourth-order valence-electron chi connectivity index (χ4n) is 2.27. The second-order valence-electron chi connectivity index (χ2n) is 4.85. The fraction of sp³-hybridized carbons (Fsp3) is 1.00. The van der Waals surface area contributed by atoms with Crippen LogP contribution in [0, 0.1) is 11.8 Å². The lowest BCUT2D eigenvalue weighted by molar-refractivity contribution is 0.192. The van der Waals surface area contributed by atoms with Gasteiger partial charge in [0.15, 0.2) is 0 Å². The normalized spacial score (nSPS) is 21.9. The molecular formula is C12H23NO. The van der Waals surface area contributed by atoms with Crippen LogP contribution in [0.5, 0.6) is 0 Å². The van der Waals surface area contributed by atoms with E-state index < -0.39 is 0 Å². The molecular weight excluding hydrogens is 174 g/mol. The highest BCUT2D eigenvalue weighted by molar-refractivity contribution is 4.96. The predicted molar refractivity (Wildman–Crippen MR) is 58.3 cm³/mol. The van der Waals surface area contributed by atoms with E-state index in [2.05, 4.69) is 5.32 Å². The molecule has 2 nitrogen and oxygen atoms in total. The van der Waals surface area contributed by atoms with Gasteiger partial charge in [-0.2, -0.15) is 0 Å². The van der Waals surface area contributed by atoms with Crippen molar-refractivity contribution in [1.29, 1.82) is 0 Å². The maximum absolute atomic E-state index is 5.04. The van der Waals surface area contributed by atoms with Gasteiger partial charge in [-0.25, -0.2) is 0 Å². The summed E-state index contributed by atoms with van der Waals surface area (Å²) in [6, 6.07) is 0.873. The van der Waals surface area contributed by atoms with Crippen molar-refractivity contribution < 1.29 is 4.74 Å². The Morgan fingerprint density at radius 3 is 2.29 bits per heavy atom. The van der Waals surface area contributed by atoms with Crippen molar-refractivity contribution in [3.05, 3.63) is 0 Å². The molecule has 0 aromatic carbocycles. The molecule has 0 atom stereocenters. The van der Waals surface area contributed by atoms with E-state index in [4.69, 9.17) is 4.74 Å². The lowest BCUT2D eigenvalue weighted by Gasteiger charge is -2.17. The molecule has 0 spiro atoms. The molecule has 82 valence electrons.